The molecule has 0 aliphatic rings. The van der Waals surface area contributed by atoms with Gasteiger partial charge >= 0.3 is 0 Å². The molecule has 0 aliphatic heterocycles. The topological polar surface area (TPSA) is 67.9 Å². The van der Waals surface area contributed by atoms with Gasteiger partial charge in [0.1, 0.15) is 18.0 Å². The Labute approximate surface area is 166 Å². The lowest BCUT2D eigenvalue weighted by Crippen LogP contribution is -2.36. The van der Waals surface area contributed by atoms with Crippen LogP contribution < -0.4 is 19.7 Å². The van der Waals surface area contributed by atoms with E-state index in [0.29, 0.717) is 22.9 Å². The minimum absolute atomic E-state index is 0.0154. The van der Waals surface area contributed by atoms with Crippen LogP contribution >= 0.6 is 0 Å². The van der Waals surface area contributed by atoms with Crippen molar-refractivity contribution in [3.05, 3.63) is 48.5 Å². The van der Waals surface area contributed by atoms with Crippen LogP contribution in [0.15, 0.2) is 48.5 Å². The van der Waals surface area contributed by atoms with Gasteiger partial charge in [-0.1, -0.05) is 12.1 Å². The highest BCUT2D eigenvalue weighted by molar-refractivity contribution is 6.02. The predicted molar refractivity (Wildman–Crippen MR) is 111 cm³/mol. The van der Waals surface area contributed by atoms with Crippen LogP contribution in [0.4, 0.5) is 11.4 Å². The molecule has 150 valence electrons. The zero-order chi connectivity index (χ0) is 20.7. The highest BCUT2D eigenvalue weighted by atomic mass is 16.5. The summed E-state index contributed by atoms with van der Waals surface area (Å²) in [5.41, 5.74) is 1.20. The summed E-state index contributed by atoms with van der Waals surface area (Å²) in [6, 6.07) is 14.3. The molecule has 0 atom stereocenters. The molecule has 0 heterocycles. The molecular weight excluding hydrogens is 356 g/mol. The molecular formula is C22H28N2O4. The first-order valence-electron chi connectivity index (χ1n) is 9.36. The van der Waals surface area contributed by atoms with Crippen molar-refractivity contribution in [2.24, 2.45) is 0 Å². The standard InChI is InChI=1S/C22H28N2O4/c1-15(2)27-19-12-10-18(11-13-19)24(17(5)25)14-22(26)23-20-8-6-7-9-21(20)28-16(3)4/h6-13,15-16H,14H2,1-5H3,(H,23,26). The van der Waals surface area contributed by atoms with E-state index >= 15 is 0 Å². The van der Waals surface area contributed by atoms with Gasteiger partial charge in [-0.15, -0.1) is 0 Å². The summed E-state index contributed by atoms with van der Waals surface area (Å²) >= 11 is 0. The second-order valence-corrected chi connectivity index (χ2v) is 6.98. The molecule has 0 spiro atoms. The lowest BCUT2D eigenvalue weighted by Gasteiger charge is -2.22. The van der Waals surface area contributed by atoms with E-state index < -0.39 is 0 Å². The quantitative estimate of drug-likeness (QED) is 0.739. The van der Waals surface area contributed by atoms with Crippen molar-refractivity contribution in [3.8, 4) is 11.5 Å². The largest absolute Gasteiger partial charge is 0.491 e. The fourth-order valence-electron chi connectivity index (χ4n) is 2.62. The van der Waals surface area contributed by atoms with Gasteiger partial charge in [-0.2, -0.15) is 0 Å². The first-order valence-corrected chi connectivity index (χ1v) is 9.36. The summed E-state index contributed by atoms with van der Waals surface area (Å²) in [6.45, 7) is 9.06. The van der Waals surface area contributed by atoms with E-state index in [1.807, 2.05) is 39.8 Å². The van der Waals surface area contributed by atoms with Crippen LogP contribution in [0.3, 0.4) is 0 Å². The van der Waals surface area contributed by atoms with E-state index in [1.54, 1.807) is 36.4 Å². The van der Waals surface area contributed by atoms with Crippen LogP contribution in [0.1, 0.15) is 34.6 Å². The van der Waals surface area contributed by atoms with Crippen LogP contribution in [0.25, 0.3) is 0 Å². The second-order valence-electron chi connectivity index (χ2n) is 6.98. The van der Waals surface area contributed by atoms with Gasteiger partial charge in [-0.3, -0.25) is 9.59 Å². The zero-order valence-electron chi connectivity index (χ0n) is 17.1. The molecule has 0 aliphatic carbocycles. The van der Waals surface area contributed by atoms with Gasteiger partial charge in [0, 0.05) is 12.6 Å². The molecule has 0 radical (unpaired) electrons. The van der Waals surface area contributed by atoms with Crippen LogP contribution in [0.2, 0.25) is 0 Å². The third-order valence-electron chi connectivity index (χ3n) is 3.73. The highest BCUT2D eigenvalue weighted by Gasteiger charge is 2.17. The van der Waals surface area contributed by atoms with Crippen LogP contribution in [-0.4, -0.2) is 30.6 Å². The third kappa shape index (κ3) is 6.30. The van der Waals surface area contributed by atoms with Crippen LogP contribution in [-0.2, 0) is 9.59 Å². The second kappa shape index (κ2) is 9.78. The lowest BCUT2D eigenvalue weighted by molar-refractivity contribution is -0.120. The lowest BCUT2D eigenvalue weighted by atomic mass is 10.2. The fourth-order valence-corrected chi connectivity index (χ4v) is 2.62. The fraction of sp³-hybridized carbons (Fsp3) is 0.364. The molecule has 0 unspecified atom stereocenters. The van der Waals surface area contributed by atoms with Crippen molar-refractivity contribution < 1.29 is 19.1 Å². The molecule has 0 bridgehead atoms. The van der Waals surface area contributed by atoms with E-state index in [4.69, 9.17) is 9.47 Å². The number of para-hydroxylation sites is 2. The van der Waals surface area contributed by atoms with Crippen molar-refractivity contribution in [2.75, 3.05) is 16.8 Å². The summed E-state index contributed by atoms with van der Waals surface area (Å²) in [5.74, 6) is 0.777. The van der Waals surface area contributed by atoms with E-state index in [1.165, 1.54) is 11.8 Å². The number of nitrogens with one attached hydrogen (secondary N) is 1. The van der Waals surface area contributed by atoms with Crippen molar-refractivity contribution in [3.63, 3.8) is 0 Å². The maximum atomic E-state index is 12.6. The van der Waals surface area contributed by atoms with E-state index in [9.17, 15) is 9.59 Å². The molecule has 2 aromatic rings. The minimum Gasteiger partial charge on any atom is -0.491 e. The SMILES string of the molecule is CC(=O)N(CC(=O)Nc1ccccc1OC(C)C)c1ccc(OC(C)C)cc1. The average Bonchev–Trinajstić information content (AvgIpc) is 2.61. The molecule has 6 nitrogen and oxygen atoms in total. The van der Waals surface area contributed by atoms with Gasteiger partial charge in [0.2, 0.25) is 11.8 Å². The molecule has 2 rings (SSSR count). The molecule has 0 saturated heterocycles. The Morgan fingerprint density at radius 3 is 2.11 bits per heavy atom. The number of hydrogen-bond acceptors (Lipinski definition) is 4. The van der Waals surface area contributed by atoms with Crippen molar-refractivity contribution in [1.82, 2.24) is 0 Å². The average molecular weight is 384 g/mol. The first-order chi connectivity index (χ1) is 13.3. The van der Waals surface area contributed by atoms with Gasteiger partial charge in [0.05, 0.1) is 17.9 Å². The number of rotatable bonds is 8. The number of nitrogens with zero attached hydrogens (tertiary/aromatic N) is 1. The van der Waals surface area contributed by atoms with Gasteiger partial charge in [0.15, 0.2) is 0 Å². The van der Waals surface area contributed by atoms with Gasteiger partial charge < -0.3 is 19.7 Å². The summed E-state index contributed by atoms with van der Waals surface area (Å²) in [7, 11) is 0. The summed E-state index contributed by atoms with van der Waals surface area (Å²) < 4.78 is 11.3. The van der Waals surface area contributed by atoms with Gasteiger partial charge in [-0.25, -0.2) is 0 Å². The molecule has 2 aromatic carbocycles. The number of hydrogen-bond donors (Lipinski definition) is 1. The molecule has 0 saturated carbocycles. The highest BCUT2D eigenvalue weighted by Crippen LogP contribution is 2.25. The molecule has 2 amide bonds. The molecule has 6 heteroatoms. The minimum atomic E-state index is -0.308. The third-order valence-corrected chi connectivity index (χ3v) is 3.73. The Bertz CT molecular complexity index is 800. The van der Waals surface area contributed by atoms with Crippen LogP contribution in [0, 0.1) is 0 Å². The van der Waals surface area contributed by atoms with E-state index in [2.05, 4.69) is 5.32 Å². The molecule has 28 heavy (non-hydrogen) atoms. The Morgan fingerprint density at radius 2 is 1.54 bits per heavy atom. The normalized spacial score (nSPS) is 10.7. The predicted octanol–water partition coefficient (Wildman–Crippen LogP) is 4.25. The number of amides is 2. The van der Waals surface area contributed by atoms with Crippen molar-refractivity contribution in [2.45, 2.75) is 46.8 Å². The zero-order valence-corrected chi connectivity index (χ0v) is 17.1. The number of carbonyl (C=O) groups excluding carboxylic acids is 2. The Balaban J connectivity index is 2.10. The Kier molecular flexibility index (Phi) is 7.44. The number of carbonyl (C=O) groups is 2. The molecule has 0 fully saturated rings. The maximum Gasteiger partial charge on any atom is 0.244 e. The molecule has 1 N–H and O–H groups in total. The Hall–Kier alpha value is -3.02. The van der Waals surface area contributed by atoms with Crippen molar-refractivity contribution >= 4 is 23.2 Å². The van der Waals surface area contributed by atoms with Crippen molar-refractivity contribution in [1.29, 1.82) is 0 Å². The molecule has 0 aromatic heterocycles. The summed E-state index contributed by atoms with van der Waals surface area (Å²) in [4.78, 5) is 26.1. The first kappa shape index (κ1) is 21.3. The maximum absolute atomic E-state index is 12.6. The van der Waals surface area contributed by atoms with E-state index in [0.717, 1.165) is 0 Å². The monoisotopic (exact) mass is 384 g/mol. The van der Waals surface area contributed by atoms with Gasteiger partial charge in [-0.05, 0) is 64.1 Å². The number of ether oxygens (including phenoxy) is 2. The van der Waals surface area contributed by atoms with Gasteiger partial charge in [0.25, 0.3) is 0 Å². The number of benzene rings is 2. The van der Waals surface area contributed by atoms with Crippen LogP contribution in [0.5, 0.6) is 11.5 Å². The summed E-state index contributed by atoms with van der Waals surface area (Å²) in [6.07, 6.45) is 0.0482. The Morgan fingerprint density at radius 1 is 0.929 bits per heavy atom. The van der Waals surface area contributed by atoms with E-state index in [-0.39, 0.29) is 30.6 Å². The number of anilines is 2. The smallest absolute Gasteiger partial charge is 0.244 e. The summed E-state index contributed by atoms with van der Waals surface area (Å²) in [5, 5.41) is 2.83.